The first kappa shape index (κ1) is 7.90. The number of halogens is 1. The number of rotatable bonds is 0. The number of thiophene rings is 1. The van der Waals surface area contributed by atoms with Crippen LogP contribution in [0, 0.1) is 6.92 Å². The number of aryl methyl sites for hydroxylation is 1. The molecule has 0 radical (unpaired) electrons. The van der Waals surface area contributed by atoms with Crippen molar-refractivity contribution in [2.24, 2.45) is 0 Å². The Hall–Kier alpha value is -0.730. The van der Waals surface area contributed by atoms with Crippen molar-refractivity contribution >= 4 is 33.0 Å². The molecule has 1 nitrogen and oxygen atoms in total. The fourth-order valence-electron chi connectivity index (χ4n) is 1.21. The van der Waals surface area contributed by atoms with Crippen molar-refractivity contribution in [1.82, 2.24) is 0 Å². The summed E-state index contributed by atoms with van der Waals surface area (Å²) in [6.07, 6.45) is 0. The van der Waals surface area contributed by atoms with Crippen molar-refractivity contribution in [2.75, 3.05) is 0 Å². The van der Waals surface area contributed by atoms with Crippen LogP contribution in [0.25, 0.3) is 10.1 Å². The quantitative estimate of drug-likeness (QED) is 0.686. The number of benzene rings is 1. The SMILES string of the molecule is Cc1cc(Cl)c2cc(O)sc2c1. The van der Waals surface area contributed by atoms with Gasteiger partial charge in [-0.15, -0.1) is 0 Å². The summed E-state index contributed by atoms with van der Waals surface area (Å²) in [7, 11) is 0. The third-order valence-corrected chi connectivity index (χ3v) is 2.92. The Kier molecular flexibility index (Phi) is 1.74. The van der Waals surface area contributed by atoms with E-state index in [0.29, 0.717) is 10.1 Å². The lowest BCUT2D eigenvalue weighted by atomic mass is 10.2. The third-order valence-electron chi connectivity index (χ3n) is 1.72. The van der Waals surface area contributed by atoms with Gasteiger partial charge in [-0.3, -0.25) is 0 Å². The van der Waals surface area contributed by atoms with E-state index < -0.39 is 0 Å². The zero-order valence-electron chi connectivity index (χ0n) is 6.47. The van der Waals surface area contributed by atoms with Crippen molar-refractivity contribution in [2.45, 2.75) is 6.92 Å². The Morgan fingerprint density at radius 2 is 2.08 bits per heavy atom. The molecule has 0 saturated heterocycles. The maximum absolute atomic E-state index is 9.23. The van der Waals surface area contributed by atoms with Gasteiger partial charge in [0.05, 0.1) is 0 Å². The summed E-state index contributed by atoms with van der Waals surface area (Å²) in [4.78, 5) is 0. The number of aromatic hydroxyl groups is 1. The molecule has 62 valence electrons. The van der Waals surface area contributed by atoms with Gasteiger partial charge in [-0.2, -0.15) is 0 Å². The molecule has 1 aromatic carbocycles. The first-order chi connectivity index (χ1) is 5.66. The molecule has 3 heteroatoms. The number of hydrogen-bond donors (Lipinski definition) is 1. The molecule has 0 aliphatic heterocycles. The predicted octanol–water partition coefficient (Wildman–Crippen LogP) is 3.57. The van der Waals surface area contributed by atoms with E-state index in [-0.39, 0.29) is 0 Å². The van der Waals surface area contributed by atoms with Gasteiger partial charge in [0, 0.05) is 21.2 Å². The van der Waals surface area contributed by atoms with Gasteiger partial charge in [-0.1, -0.05) is 22.9 Å². The van der Waals surface area contributed by atoms with Crippen molar-refractivity contribution in [3.05, 3.63) is 28.8 Å². The van der Waals surface area contributed by atoms with Gasteiger partial charge in [0.25, 0.3) is 0 Å². The van der Waals surface area contributed by atoms with Crippen LogP contribution in [0.4, 0.5) is 0 Å². The molecule has 12 heavy (non-hydrogen) atoms. The van der Waals surface area contributed by atoms with Crippen LogP contribution < -0.4 is 0 Å². The molecule has 0 saturated carbocycles. The molecule has 0 aliphatic carbocycles. The van der Waals surface area contributed by atoms with Gasteiger partial charge < -0.3 is 5.11 Å². The van der Waals surface area contributed by atoms with Gasteiger partial charge >= 0.3 is 0 Å². The molecular weight excluding hydrogens is 192 g/mol. The van der Waals surface area contributed by atoms with E-state index in [1.54, 1.807) is 6.07 Å². The van der Waals surface area contributed by atoms with E-state index in [2.05, 4.69) is 0 Å². The Morgan fingerprint density at radius 3 is 2.83 bits per heavy atom. The Morgan fingerprint density at radius 1 is 1.33 bits per heavy atom. The largest absolute Gasteiger partial charge is 0.499 e. The number of fused-ring (bicyclic) bond motifs is 1. The minimum absolute atomic E-state index is 0.317. The highest BCUT2D eigenvalue weighted by Crippen LogP contribution is 2.35. The highest BCUT2D eigenvalue weighted by Gasteiger charge is 2.04. The van der Waals surface area contributed by atoms with E-state index in [4.69, 9.17) is 11.6 Å². The van der Waals surface area contributed by atoms with Crippen molar-refractivity contribution in [3.8, 4) is 5.06 Å². The Bertz CT molecular complexity index is 433. The summed E-state index contributed by atoms with van der Waals surface area (Å²) >= 11 is 7.32. The van der Waals surface area contributed by atoms with Crippen LogP contribution in [-0.2, 0) is 0 Å². The molecule has 1 aromatic heterocycles. The van der Waals surface area contributed by atoms with Crippen LogP contribution in [0.2, 0.25) is 5.02 Å². The van der Waals surface area contributed by atoms with Gasteiger partial charge in [0.1, 0.15) is 0 Å². The maximum atomic E-state index is 9.23. The highest BCUT2D eigenvalue weighted by molar-refractivity contribution is 7.20. The summed E-state index contributed by atoms with van der Waals surface area (Å²) in [5.74, 6) is 0. The molecule has 1 N–H and O–H groups in total. The maximum Gasteiger partial charge on any atom is 0.172 e. The second-order valence-corrected chi connectivity index (χ2v) is 4.21. The molecular formula is C9H7ClOS. The van der Waals surface area contributed by atoms with Gasteiger partial charge in [-0.25, -0.2) is 0 Å². The standard InChI is InChI=1S/C9H7ClOS/c1-5-2-7(10)6-4-9(11)12-8(6)3-5/h2-4,11H,1H3. The molecule has 0 spiro atoms. The smallest absolute Gasteiger partial charge is 0.172 e. The molecule has 2 rings (SSSR count). The summed E-state index contributed by atoms with van der Waals surface area (Å²) in [5, 5.41) is 11.2. The summed E-state index contributed by atoms with van der Waals surface area (Å²) < 4.78 is 1.04. The first-order valence-corrected chi connectivity index (χ1v) is 4.75. The van der Waals surface area contributed by atoms with E-state index in [9.17, 15) is 5.11 Å². The minimum atomic E-state index is 0.317. The van der Waals surface area contributed by atoms with Gasteiger partial charge in [-0.05, 0) is 24.6 Å². The average Bonchev–Trinajstić information content (AvgIpc) is 2.29. The first-order valence-electron chi connectivity index (χ1n) is 3.55. The van der Waals surface area contributed by atoms with Gasteiger partial charge in [0.15, 0.2) is 5.06 Å². The third kappa shape index (κ3) is 1.17. The van der Waals surface area contributed by atoms with E-state index >= 15 is 0 Å². The lowest BCUT2D eigenvalue weighted by Gasteiger charge is -1.94. The molecule has 0 bridgehead atoms. The molecule has 0 unspecified atom stereocenters. The Balaban J connectivity index is 2.88. The van der Waals surface area contributed by atoms with Crippen molar-refractivity contribution < 1.29 is 5.11 Å². The lowest BCUT2D eigenvalue weighted by molar-refractivity contribution is 0.491. The molecule has 0 fully saturated rings. The van der Waals surface area contributed by atoms with Crippen LogP contribution in [0.15, 0.2) is 18.2 Å². The van der Waals surface area contributed by atoms with Crippen LogP contribution in [-0.4, -0.2) is 5.11 Å². The second-order valence-electron chi connectivity index (χ2n) is 2.74. The van der Waals surface area contributed by atoms with Crippen LogP contribution in [0.3, 0.4) is 0 Å². The fourth-order valence-corrected chi connectivity index (χ4v) is 2.52. The van der Waals surface area contributed by atoms with Crippen molar-refractivity contribution in [3.63, 3.8) is 0 Å². The molecule has 0 aliphatic rings. The normalized spacial score (nSPS) is 10.8. The number of hydrogen-bond acceptors (Lipinski definition) is 2. The van der Waals surface area contributed by atoms with Gasteiger partial charge in [0.2, 0.25) is 0 Å². The molecule has 0 atom stereocenters. The van der Waals surface area contributed by atoms with E-state index in [0.717, 1.165) is 15.6 Å². The molecule has 1 heterocycles. The zero-order valence-corrected chi connectivity index (χ0v) is 8.04. The van der Waals surface area contributed by atoms with Crippen LogP contribution in [0.1, 0.15) is 5.56 Å². The van der Waals surface area contributed by atoms with E-state index in [1.165, 1.54) is 11.3 Å². The van der Waals surface area contributed by atoms with Crippen molar-refractivity contribution in [1.29, 1.82) is 0 Å². The topological polar surface area (TPSA) is 20.2 Å². The lowest BCUT2D eigenvalue weighted by Crippen LogP contribution is -1.71. The second kappa shape index (κ2) is 2.64. The molecule has 0 amide bonds. The zero-order chi connectivity index (χ0) is 8.72. The summed E-state index contributed by atoms with van der Waals surface area (Å²) in [6.45, 7) is 1.99. The minimum Gasteiger partial charge on any atom is -0.499 e. The Labute approximate surface area is 79.2 Å². The predicted molar refractivity (Wildman–Crippen MR) is 53.2 cm³/mol. The average molecular weight is 199 g/mol. The highest BCUT2D eigenvalue weighted by atomic mass is 35.5. The fraction of sp³-hybridized carbons (Fsp3) is 0.111. The molecule has 2 aromatic rings. The monoisotopic (exact) mass is 198 g/mol. The van der Waals surface area contributed by atoms with Crippen LogP contribution in [0.5, 0.6) is 5.06 Å². The summed E-state index contributed by atoms with van der Waals surface area (Å²) in [5.41, 5.74) is 1.12. The van der Waals surface area contributed by atoms with Crippen LogP contribution >= 0.6 is 22.9 Å². The van der Waals surface area contributed by atoms with E-state index in [1.807, 2.05) is 19.1 Å². The summed E-state index contributed by atoms with van der Waals surface area (Å²) in [6, 6.07) is 5.61.